The number of rotatable bonds is 6. The molecule has 7 heteroatoms. The van der Waals surface area contributed by atoms with Crippen LogP contribution in [0, 0.1) is 6.92 Å². The Morgan fingerprint density at radius 1 is 0.750 bits per heavy atom. The zero-order chi connectivity index (χ0) is 22.5. The molecule has 32 heavy (non-hydrogen) atoms. The van der Waals surface area contributed by atoms with Gasteiger partial charge in [0.25, 0.3) is 0 Å². The van der Waals surface area contributed by atoms with E-state index in [4.69, 9.17) is 0 Å². The lowest BCUT2D eigenvalue weighted by Gasteiger charge is -2.37. The van der Waals surface area contributed by atoms with Crippen LogP contribution in [0.2, 0.25) is 0 Å². The quantitative estimate of drug-likeness (QED) is 0.647. The highest BCUT2D eigenvalue weighted by Crippen LogP contribution is 2.13. The third-order valence-electron chi connectivity index (χ3n) is 6.15. The van der Waals surface area contributed by atoms with Crippen LogP contribution in [-0.2, 0) is 27.5 Å². The summed E-state index contributed by atoms with van der Waals surface area (Å²) < 4.78 is 0. The van der Waals surface area contributed by atoms with Crippen LogP contribution < -0.4 is 0 Å². The first kappa shape index (κ1) is 22.0. The normalized spacial score (nSPS) is 17.7. The van der Waals surface area contributed by atoms with Gasteiger partial charge in [0.15, 0.2) is 0 Å². The average Bonchev–Trinajstić information content (AvgIpc) is 2.80. The van der Waals surface area contributed by atoms with E-state index in [9.17, 15) is 14.4 Å². The van der Waals surface area contributed by atoms with Crippen LogP contribution in [0.15, 0.2) is 54.6 Å². The molecule has 2 fully saturated rings. The molecule has 0 aliphatic carbocycles. The molecule has 0 spiro atoms. The van der Waals surface area contributed by atoms with Crippen molar-refractivity contribution >= 4 is 17.7 Å². The highest BCUT2D eigenvalue weighted by Gasteiger charge is 2.34. The Bertz CT molecular complexity index is 970. The van der Waals surface area contributed by atoms with E-state index in [2.05, 4.69) is 17.0 Å². The second-order valence-electron chi connectivity index (χ2n) is 8.59. The van der Waals surface area contributed by atoms with Crippen molar-refractivity contribution in [2.75, 3.05) is 45.8 Å². The van der Waals surface area contributed by atoms with Gasteiger partial charge in [-0.05, 0) is 18.1 Å². The fourth-order valence-electron chi connectivity index (χ4n) is 4.31. The highest BCUT2D eigenvalue weighted by atomic mass is 16.2. The number of aryl methyl sites for hydroxylation is 1. The molecule has 2 aliphatic rings. The Hall–Kier alpha value is -3.19. The Kier molecular flexibility index (Phi) is 6.85. The SMILES string of the molecule is Cc1cccc(CN2CCN(CC(=O)N3CCN(Cc4ccccc4)CC3)C(=O)C2=O)c1. The second-order valence-corrected chi connectivity index (χ2v) is 8.59. The van der Waals surface area contributed by atoms with Gasteiger partial charge >= 0.3 is 11.8 Å². The minimum absolute atomic E-state index is 0.0262. The molecule has 2 saturated heterocycles. The fourth-order valence-corrected chi connectivity index (χ4v) is 4.31. The number of carbonyl (C=O) groups is 3. The van der Waals surface area contributed by atoms with E-state index in [1.54, 1.807) is 9.80 Å². The van der Waals surface area contributed by atoms with E-state index in [1.165, 1.54) is 10.5 Å². The van der Waals surface area contributed by atoms with Gasteiger partial charge in [0.2, 0.25) is 5.91 Å². The van der Waals surface area contributed by atoms with Crippen molar-refractivity contribution in [1.82, 2.24) is 19.6 Å². The van der Waals surface area contributed by atoms with E-state index < -0.39 is 11.8 Å². The number of hydrogen-bond acceptors (Lipinski definition) is 4. The Labute approximate surface area is 189 Å². The Morgan fingerprint density at radius 2 is 1.41 bits per heavy atom. The number of benzene rings is 2. The summed E-state index contributed by atoms with van der Waals surface area (Å²) in [5.41, 5.74) is 3.39. The molecule has 2 aromatic rings. The van der Waals surface area contributed by atoms with Gasteiger partial charge in [-0.1, -0.05) is 60.2 Å². The van der Waals surface area contributed by atoms with E-state index in [0.29, 0.717) is 32.7 Å². The van der Waals surface area contributed by atoms with Crippen molar-refractivity contribution in [2.45, 2.75) is 20.0 Å². The van der Waals surface area contributed by atoms with Crippen molar-refractivity contribution in [1.29, 1.82) is 0 Å². The van der Waals surface area contributed by atoms with Crippen molar-refractivity contribution in [3.05, 3.63) is 71.3 Å². The third kappa shape index (κ3) is 5.34. The molecule has 0 saturated carbocycles. The summed E-state index contributed by atoms with van der Waals surface area (Å²) in [5.74, 6) is -1.20. The van der Waals surface area contributed by atoms with Gasteiger partial charge in [0, 0.05) is 52.4 Å². The van der Waals surface area contributed by atoms with Gasteiger partial charge in [-0.25, -0.2) is 0 Å². The van der Waals surface area contributed by atoms with Crippen molar-refractivity contribution in [3.8, 4) is 0 Å². The molecule has 4 rings (SSSR count). The minimum atomic E-state index is -0.583. The molecule has 0 bridgehead atoms. The molecular formula is C25H30N4O3. The van der Waals surface area contributed by atoms with Crippen LogP contribution in [-0.4, -0.2) is 83.1 Å². The third-order valence-corrected chi connectivity index (χ3v) is 6.15. The van der Waals surface area contributed by atoms with Crippen molar-refractivity contribution in [2.24, 2.45) is 0 Å². The molecule has 0 radical (unpaired) electrons. The lowest BCUT2D eigenvalue weighted by Crippen LogP contribution is -2.57. The van der Waals surface area contributed by atoms with Gasteiger partial charge in [0.05, 0.1) is 0 Å². The van der Waals surface area contributed by atoms with Crippen LogP contribution in [0.3, 0.4) is 0 Å². The average molecular weight is 435 g/mol. The van der Waals surface area contributed by atoms with E-state index in [-0.39, 0.29) is 12.5 Å². The summed E-state index contributed by atoms with van der Waals surface area (Å²) in [6, 6.07) is 18.2. The maximum Gasteiger partial charge on any atom is 0.312 e. The minimum Gasteiger partial charge on any atom is -0.339 e. The summed E-state index contributed by atoms with van der Waals surface area (Å²) in [6.45, 7) is 6.98. The molecule has 2 aliphatic heterocycles. The zero-order valence-electron chi connectivity index (χ0n) is 18.6. The standard InChI is InChI=1S/C25H30N4O3/c1-20-6-5-9-22(16-20)18-28-14-15-29(25(32)24(28)31)19-23(30)27-12-10-26(11-13-27)17-21-7-3-2-4-8-21/h2-9,16H,10-15,17-19H2,1H3. The number of hydrogen-bond donors (Lipinski definition) is 0. The van der Waals surface area contributed by atoms with Crippen molar-refractivity contribution in [3.63, 3.8) is 0 Å². The molecule has 0 unspecified atom stereocenters. The van der Waals surface area contributed by atoms with E-state index in [0.717, 1.165) is 30.8 Å². The first-order valence-electron chi connectivity index (χ1n) is 11.2. The molecule has 0 aromatic heterocycles. The summed E-state index contributed by atoms with van der Waals surface area (Å²) in [5, 5.41) is 0. The van der Waals surface area contributed by atoms with Crippen LogP contribution in [0.1, 0.15) is 16.7 Å². The number of nitrogens with zero attached hydrogens (tertiary/aromatic N) is 4. The van der Waals surface area contributed by atoms with Gasteiger partial charge in [0.1, 0.15) is 6.54 Å². The van der Waals surface area contributed by atoms with Gasteiger partial charge in [-0.2, -0.15) is 0 Å². The predicted octanol–water partition coefficient (Wildman–Crippen LogP) is 1.51. The molecule has 168 valence electrons. The maximum absolute atomic E-state index is 12.8. The van der Waals surface area contributed by atoms with E-state index >= 15 is 0 Å². The van der Waals surface area contributed by atoms with Gasteiger partial charge in [-0.15, -0.1) is 0 Å². The maximum atomic E-state index is 12.8. The van der Waals surface area contributed by atoms with Crippen LogP contribution in [0.25, 0.3) is 0 Å². The summed E-state index contributed by atoms with van der Waals surface area (Å²) in [6.07, 6.45) is 0. The molecule has 2 aromatic carbocycles. The lowest BCUT2D eigenvalue weighted by molar-refractivity contribution is -0.158. The van der Waals surface area contributed by atoms with Crippen LogP contribution >= 0.6 is 0 Å². The molecule has 2 heterocycles. The number of amides is 3. The second kappa shape index (κ2) is 9.96. The number of piperazine rings is 2. The van der Waals surface area contributed by atoms with Gasteiger partial charge in [-0.3, -0.25) is 19.3 Å². The molecule has 0 N–H and O–H groups in total. The topological polar surface area (TPSA) is 64.2 Å². The van der Waals surface area contributed by atoms with Gasteiger partial charge < -0.3 is 14.7 Å². The highest BCUT2D eigenvalue weighted by molar-refractivity contribution is 6.35. The Balaban J connectivity index is 1.25. The zero-order valence-corrected chi connectivity index (χ0v) is 18.6. The fraction of sp³-hybridized carbons (Fsp3) is 0.400. The summed E-state index contributed by atoms with van der Waals surface area (Å²) in [4.78, 5) is 45.1. The Morgan fingerprint density at radius 3 is 2.12 bits per heavy atom. The lowest BCUT2D eigenvalue weighted by atomic mass is 10.1. The molecular weight excluding hydrogens is 404 g/mol. The van der Waals surface area contributed by atoms with E-state index in [1.807, 2.05) is 49.4 Å². The number of carbonyl (C=O) groups excluding carboxylic acids is 3. The van der Waals surface area contributed by atoms with Crippen molar-refractivity contribution < 1.29 is 14.4 Å². The van der Waals surface area contributed by atoms with Crippen LogP contribution in [0.4, 0.5) is 0 Å². The van der Waals surface area contributed by atoms with Crippen LogP contribution in [0.5, 0.6) is 0 Å². The molecule has 3 amide bonds. The molecule has 7 nitrogen and oxygen atoms in total. The molecule has 0 atom stereocenters. The monoisotopic (exact) mass is 434 g/mol. The summed E-state index contributed by atoms with van der Waals surface area (Å²) in [7, 11) is 0. The summed E-state index contributed by atoms with van der Waals surface area (Å²) >= 11 is 0. The first-order valence-corrected chi connectivity index (χ1v) is 11.2. The predicted molar refractivity (Wildman–Crippen MR) is 121 cm³/mol. The first-order chi connectivity index (χ1) is 15.5. The largest absolute Gasteiger partial charge is 0.339 e. The smallest absolute Gasteiger partial charge is 0.312 e.